The van der Waals surface area contributed by atoms with Crippen LogP contribution in [0.2, 0.25) is 0 Å². The third kappa shape index (κ3) is 5.20. The third-order valence-electron chi connectivity index (χ3n) is 8.83. The van der Waals surface area contributed by atoms with Crippen LogP contribution in [0.25, 0.3) is 33.3 Å². The molecule has 0 radical (unpaired) electrons. The van der Waals surface area contributed by atoms with Crippen LogP contribution in [0, 0.1) is 11.8 Å². The van der Waals surface area contributed by atoms with E-state index in [1.807, 2.05) is 30.7 Å². The van der Waals surface area contributed by atoms with Crippen molar-refractivity contribution in [3.8, 4) is 22.4 Å². The minimum absolute atomic E-state index is 0.276. The summed E-state index contributed by atoms with van der Waals surface area (Å²) in [4.78, 5) is 14.4. The van der Waals surface area contributed by atoms with Crippen molar-refractivity contribution >= 4 is 22.3 Å². The number of H-pyrrole nitrogens is 1. The summed E-state index contributed by atoms with van der Waals surface area (Å²) in [6.45, 7) is 4.19. The van der Waals surface area contributed by atoms with E-state index < -0.39 is 0 Å². The maximum atomic E-state index is 5.25. The average Bonchev–Trinajstić information content (AvgIpc) is 3.70. The molecule has 1 aliphatic carbocycles. The highest BCUT2D eigenvalue weighted by atomic mass is 15.1. The van der Waals surface area contributed by atoms with E-state index in [0.29, 0.717) is 0 Å². The van der Waals surface area contributed by atoms with Crippen LogP contribution in [-0.4, -0.2) is 32.4 Å². The summed E-state index contributed by atoms with van der Waals surface area (Å²) in [5.74, 6) is 1.11. The predicted molar refractivity (Wildman–Crippen MR) is 166 cm³/mol. The van der Waals surface area contributed by atoms with Gasteiger partial charge in [-0.05, 0) is 91.2 Å². The number of aliphatic imine (C=N–C) groups is 1. The van der Waals surface area contributed by atoms with Crippen LogP contribution in [0.4, 0.5) is 5.69 Å². The van der Waals surface area contributed by atoms with Crippen LogP contribution in [-0.2, 0) is 13.0 Å². The van der Waals surface area contributed by atoms with E-state index in [9.17, 15) is 0 Å². The van der Waals surface area contributed by atoms with Gasteiger partial charge in [0.1, 0.15) is 5.69 Å². The van der Waals surface area contributed by atoms with Gasteiger partial charge in [0.05, 0.1) is 22.6 Å². The second kappa shape index (κ2) is 11.4. The zero-order chi connectivity index (χ0) is 27.6. The number of pyridine rings is 2. The Bertz CT molecular complexity index is 1700. The summed E-state index contributed by atoms with van der Waals surface area (Å²) >= 11 is 0. The van der Waals surface area contributed by atoms with Crippen LogP contribution in [0.1, 0.15) is 55.8 Å². The monoisotopic (exact) mass is 540 g/mol. The lowest BCUT2D eigenvalue weighted by molar-refractivity contribution is 0.489. The Labute approximate surface area is 241 Å². The molecule has 1 unspecified atom stereocenters. The van der Waals surface area contributed by atoms with Gasteiger partial charge in [0, 0.05) is 47.6 Å². The molecule has 0 bridgehead atoms. The van der Waals surface area contributed by atoms with Crippen LogP contribution >= 0.6 is 0 Å². The molecule has 1 fully saturated rings. The minimum atomic E-state index is 0.276. The lowest BCUT2D eigenvalue weighted by Crippen LogP contribution is -2.22. The van der Waals surface area contributed by atoms with Crippen LogP contribution < -0.4 is 5.32 Å². The largest absolute Gasteiger partial charge is 0.312 e. The van der Waals surface area contributed by atoms with E-state index >= 15 is 0 Å². The molecule has 7 rings (SSSR count). The van der Waals surface area contributed by atoms with Crippen molar-refractivity contribution in [3.63, 3.8) is 0 Å². The molecule has 1 aliphatic heterocycles. The molecule has 0 saturated heterocycles. The Morgan fingerprint density at radius 1 is 0.951 bits per heavy atom. The van der Waals surface area contributed by atoms with Gasteiger partial charge in [-0.2, -0.15) is 5.10 Å². The van der Waals surface area contributed by atoms with E-state index in [4.69, 9.17) is 10.1 Å². The van der Waals surface area contributed by atoms with E-state index in [1.54, 1.807) is 0 Å². The van der Waals surface area contributed by atoms with Gasteiger partial charge in [-0.15, -0.1) is 0 Å². The average molecular weight is 541 g/mol. The smallest absolute Gasteiger partial charge is 0.114 e. The summed E-state index contributed by atoms with van der Waals surface area (Å²) in [7, 11) is 0. The van der Waals surface area contributed by atoms with E-state index in [0.717, 1.165) is 76.7 Å². The number of hydrogen-bond acceptors (Lipinski definition) is 5. The molecule has 2 aromatic carbocycles. The van der Waals surface area contributed by atoms with Crippen molar-refractivity contribution in [2.75, 3.05) is 6.54 Å². The Morgan fingerprint density at radius 2 is 1.88 bits per heavy atom. The van der Waals surface area contributed by atoms with Crippen molar-refractivity contribution in [3.05, 3.63) is 96.1 Å². The molecule has 41 heavy (non-hydrogen) atoms. The molecule has 4 heterocycles. The molecule has 6 nitrogen and oxygen atoms in total. The summed E-state index contributed by atoms with van der Waals surface area (Å²) in [6, 6.07) is 21.2. The highest BCUT2D eigenvalue weighted by Crippen LogP contribution is 2.39. The molecule has 5 aromatic rings. The molecule has 0 amide bonds. The maximum Gasteiger partial charge on any atom is 0.114 e. The van der Waals surface area contributed by atoms with Crippen LogP contribution in [0.5, 0.6) is 0 Å². The summed E-state index contributed by atoms with van der Waals surface area (Å²) in [5, 5.41) is 12.8. The first-order valence-corrected chi connectivity index (χ1v) is 15.0. The van der Waals surface area contributed by atoms with Gasteiger partial charge in [-0.1, -0.05) is 44.0 Å². The second-order valence-electron chi connectivity index (χ2n) is 11.5. The van der Waals surface area contributed by atoms with E-state index in [1.165, 1.54) is 42.4 Å². The van der Waals surface area contributed by atoms with E-state index in [-0.39, 0.29) is 5.92 Å². The Kier molecular flexibility index (Phi) is 7.15. The minimum Gasteiger partial charge on any atom is -0.312 e. The number of benzene rings is 2. The summed E-state index contributed by atoms with van der Waals surface area (Å²) in [6.07, 6.45) is 13.2. The Hall–Kier alpha value is -4.16. The molecule has 3 aromatic heterocycles. The highest BCUT2D eigenvalue weighted by molar-refractivity contribution is 6.12. The molecular formula is C35H36N6. The fraction of sp³-hybridized carbons (Fsp3) is 0.314. The SMILES string of the molecule is CCC1Cc2c(cccc2-c2ccccn2)N=C1c1n[nH]c2ccc(-c3cncc(CNCC4CCCC4)c3)cc12. The highest BCUT2D eigenvalue weighted by Gasteiger charge is 2.28. The quantitative estimate of drug-likeness (QED) is 0.212. The summed E-state index contributed by atoms with van der Waals surface area (Å²) in [5.41, 5.74) is 11.0. The first-order chi connectivity index (χ1) is 20.3. The number of aromatic nitrogens is 4. The molecular weight excluding hydrogens is 504 g/mol. The van der Waals surface area contributed by atoms with Gasteiger partial charge in [-0.25, -0.2) is 0 Å². The fourth-order valence-corrected chi connectivity index (χ4v) is 6.57. The molecule has 1 atom stereocenters. The lowest BCUT2D eigenvalue weighted by atomic mass is 9.84. The zero-order valence-corrected chi connectivity index (χ0v) is 23.6. The number of nitrogens with one attached hydrogen (secondary N) is 2. The predicted octanol–water partition coefficient (Wildman–Crippen LogP) is 7.67. The zero-order valence-electron chi connectivity index (χ0n) is 23.6. The molecule has 2 N–H and O–H groups in total. The van der Waals surface area contributed by atoms with Crippen molar-refractivity contribution in [2.24, 2.45) is 16.8 Å². The van der Waals surface area contributed by atoms with Gasteiger partial charge in [0.15, 0.2) is 0 Å². The Morgan fingerprint density at radius 3 is 2.73 bits per heavy atom. The summed E-state index contributed by atoms with van der Waals surface area (Å²) < 4.78 is 0. The van der Waals surface area contributed by atoms with Crippen molar-refractivity contribution in [1.29, 1.82) is 0 Å². The molecule has 1 saturated carbocycles. The van der Waals surface area contributed by atoms with Gasteiger partial charge < -0.3 is 5.32 Å². The third-order valence-corrected chi connectivity index (χ3v) is 8.83. The number of nitrogens with zero attached hydrogens (tertiary/aromatic N) is 4. The normalized spacial score (nSPS) is 17.1. The van der Waals surface area contributed by atoms with Gasteiger partial charge in [0.25, 0.3) is 0 Å². The lowest BCUT2D eigenvalue weighted by Gasteiger charge is -2.25. The molecule has 0 spiro atoms. The number of rotatable bonds is 8. The van der Waals surface area contributed by atoms with Gasteiger partial charge in [0.2, 0.25) is 0 Å². The first kappa shape index (κ1) is 25.8. The molecule has 2 aliphatic rings. The Balaban J connectivity index is 1.21. The van der Waals surface area contributed by atoms with Crippen LogP contribution in [0.3, 0.4) is 0 Å². The second-order valence-corrected chi connectivity index (χ2v) is 11.5. The fourth-order valence-electron chi connectivity index (χ4n) is 6.57. The van der Waals surface area contributed by atoms with E-state index in [2.05, 4.69) is 75.8 Å². The molecule has 206 valence electrons. The number of fused-ring (bicyclic) bond motifs is 2. The van der Waals surface area contributed by atoms with Crippen LogP contribution in [0.15, 0.2) is 84.2 Å². The van der Waals surface area contributed by atoms with Crippen molar-refractivity contribution in [2.45, 2.75) is 52.0 Å². The van der Waals surface area contributed by atoms with Crippen molar-refractivity contribution < 1.29 is 0 Å². The maximum absolute atomic E-state index is 5.25. The van der Waals surface area contributed by atoms with Gasteiger partial charge in [-0.3, -0.25) is 20.1 Å². The molecule has 6 heteroatoms. The topological polar surface area (TPSA) is 78.8 Å². The van der Waals surface area contributed by atoms with Crippen molar-refractivity contribution in [1.82, 2.24) is 25.5 Å². The number of hydrogen-bond donors (Lipinski definition) is 2. The first-order valence-electron chi connectivity index (χ1n) is 15.0. The standard InChI is InChI=1S/C35H36N6/c1-2-25-17-29-28(31-11-5-6-15-38-31)10-7-12-32(29)39-34(25)35-30-18-26(13-14-33(30)40-41-35)27-16-24(21-37-22-27)20-36-19-23-8-3-4-9-23/h5-7,10-16,18,21-23,25,36H,2-4,8-9,17,19-20H2,1H3,(H,40,41). The van der Waals surface area contributed by atoms with Gasteiger partial charge >= 0.3 is 0 Å². The number of aromatic amines is 1.